The minimum atomic E-state index is 0.623. The highest BCUT2D eigenvalue weighted by Crippen LogP contribution is 2.22. The Labute approximate surface area is 77.3 Å². The van der Waals surface area contributed by atoms with Crippen molar-refractivity contribution >= 4 is 11.6 Å². The summed E-state index contributed by atoms with van der Waals surface area (Å²) >= 11 is 5.78. The molecule has 66 valence electrons. The fourth-order valence-corrected chi connectivity index (χ4v) is 1.24. The number of halogens is 1. The zero-order valence-corrected chi connectivity index (χ0v) is 7.77. The highest BCUT2D eigenvalue weighted by atomic mass is 35.5. The lowest BCUT2D eigenvalue weighted by Crippen LogP contribution is -2.04. The van der Waals surface area contributed by atoms with Crippen LogP contribution in [0.1, 0.15) is 5.56 Å². The van der Waals surface area contributed by atoms with Crippen LogP contribution < -0.4 is 10.5 Å². The molecule has 0 aliphatic carbocycles. The number of benzene rings is 1. The molecule has 1 aromatic rings. The standard InChI is InChI=1S/C9H12ClNO/c1-12-9-6-8(10)3-2-7(9)4-5-11/h2-3,6H,4-5,11H2,1H3. The van der Waals surface area contributed by atoms with Gasteiger partial charge in [0.25, 0.3) is 0 Å². The van der Waals surface area contributed by atoms with Crippen molar-refractivity contribution in [3.8, 4) is 5.75 Å². The van der Waals surface area contributed by atoms with Crippen LogP contribution in [0.2, 0.25) is 5.02 Å². The quantitative estimate of drug-likeness (QED) is 0.780. The Bertz CT molecular complexity index is 263. The fraction of sp³-hybridized carbons (Fsp3) is 0.333. The van der Waals surface area contributed by atoms with Crippen LogP contribution in [-0.2, 0) is 6.42 Å². The maximum absolute atomic E-state index is 5.78. The minimum absolute atomic E-state index is 0.623. The summed E-state index contributed by atoms with van der Waals surface area (Å²) in [6.07, 6.45) is 0.820. The molecule has 0 bridgehead atoms. The van der Waals surface area contributed by atoms with E-state index in [4.69, 9.17) is 22.1 Å². The molecule has 0 amide bonds. The van der Waals surface area contributed by atoms with Gasteiger partial charge in [-0.3, -0.25) is 0 Å². The first kappa shape index (κ1) is 9.36. The summed E-state index contributed by atoms with van der Waals surface area (Å²) in [7, 11) is 1.63. The molecule has 0 heterocycles. The zero-order valence-electron chi connectivity index (χ0n) is 7.01. The average Bonchev–Trinajstić information content (AvgIpc) is 2.08. The smallest absolute Gasteiger partial charge is 0.123 e. The van der Waals surface area contributed by atoms with Gasteiger partial charge in [-0.2, -0.15) is 0 Å². The Hall–Kier alpha value is -0.730. The van der Waals surface area contributed by atoms with Crippen molar-refractivity contribution in [2.24, 2.45) is 5.73 Å². The molecule has 0 aliphatic rings. The van der Waals surface area contributed by atoms with E-state index in [1.54, 1.807) is 13.2 Å². The van der Waals surface area contributed by atoms with E-state index in [1.165, 1.54) is 0 Å². The van der Waals surface area contributed by atoms with Crippen LogP contribution in [0.5, 0.6) is 5.75 Å². The Morgan fingerprint density at radius 1 is 1.50 bits per heavy atom. The molecule has 2 N–H and O–H groups in total. The van der Waals surface area contributed by atoms with Crippen molar-refractivity contribution < 1.29 is 4.74 Å². The van der Waals surface area contributed by atoms with E-state index < -0.39 is 0 Å². The van der Waals surface area contributed by atoms with Gasteiger partial charge in [0, 0.05) is 5.02 Å². The normalized spacial score (nSPS) is 9.92. The maximum Gasteiger partial charge on any atom is 0.123 e. The summed E-state index contributed by atoms with van der Waals surface area (Å²) in [6, 6.07) is 5.58. The lowest BCUT2D eigenvalue weighted by atomic mass is 10.1. The second-order valence-electron chi connectivity index (χ2n) is 2.49. The summed E-state index contributed by atoms with van der Waals surface area (Å²) in [5.41, 5.74) is 6.53. The van der Waals surface area contributed by atoms with Crippen LogP contribution in [0.15, 0.2) is 18.2 Å². The summed E-state index contributed by atoms with van der Waals surface area (Å²) in [5, 5.41) is 0.688. The van der Waals surface area contributed by atoms with Crippen LogP contribution in [-0.4, -0.2) is 13.7 Å². The highest BCUT2D eigenvalue weighted by molar-refractivity contribution is 6.30. The second-order valence-corrected chi connectivity index (χ2v) is 2.93. The van der Waals surface area contributed by atoms with E-state index >= 15 is 0 Å². The number of hydrogen-bond acceptors (Lipinski definition) is 2. The first-order valence-corrected chi connectivity index (χ1v) is 4.18. The van der Waals surface area contributed by atoms with Gasteiger partial charge in [0.15, 0.2) is 0 Å². The summed E-state index contributed by atoms with van der Waals surface area (Å²) in [4.78, 5) is 0. The molecule has 1 aromatic carbocycles. The number of rotatable bonds is 3. The van der Waals surface area contributed by atoms with E-state index in [0.717, 1.165) is 17.7 Å². The monoisotopic (exact) mass is 185 g/mol. The topological polar surface area (TPSA) is 35.2 Å². The predicted molar refractivity (Wildman–Crippen MR) is 50.8 cm³/mol. The van der Waals surface area contributed by atoms with Gasteiger partial charge in [-0.05, 0) is 30.7 Å². The van der Waals surface area contributed by atoms with Crippen molar-refractivity contribution in [3.05, 3.63) is 28.8 Å². The van der Waals surface area contributed by atoms with Crippen LogP contribution in [0.25, 0.3) is 0 Å². The van der Waals surface area contributed by atoms with Gasteiger partial charge in [0.2, 0.25) is 0 Å². The molecule has 0 radical (unpaired) electrons. The molecule has 0 unspecified atom stereocenters. The van der Waals surface area contributed by atoms with E-state index in [-0.39, 0.29) is 0 Å². The molecule has 0 saturated carbocycles. The third-order valence-electron chi connectivity index (χ3n) is 1.66. The average molecular weight is 186 g/mol. The molecular formula is C9H12ClNO. The van der Waals surface area contributed by atoms with E-state index in [9.17, 15) is 0 Å². The van der Waals surface area contributed by atoms with E-state index in [0.29, 0.717) is 11.6 Å². The Kier molecular flexibility index (Phi) is 3.38. The van der Waals surface area contributed by atoms with Crippen LogP contribution in [0.3, 0.4) is 0 Å². The largest absolute Gasteiger partial charge is 0.496 e. The minimum Gasteiger partial charge on any atom is -0.496 e. The molecule has 0 spiro atoms. The number of nitrogens with two attached hydrogens (primary N) is 1. The lowest BCUT2D eigenvalue weighted by molar-refractivity contribution is 0.410. The van der Waals surface area contributed by atoms with Crippen molar-refractivity contribution in [1.82, 2.24) is 0 Å². The molecule has 0 atom stereocenters. The van der Waals surface area contributed by atoms with Crippen LogP contribution in [0, 0.1) is 0 Å². The highest BCUT2D eigenvalue weighted by Gasteiger charge is 2.01. The third-order valence-corrected chi connectivity index (χ3v) is 1.90. The van der Waals surface area contributed by atoms with Gasteiger partial charge in [0.05, 0.1) is 7.11 Å². The lowest BCUT2D eigenvalue weighted by Gasteiger charge is -2.06. The second kappa shape index (κ2) is 4.33. The predicted octanol–water partition coefficient (Wildman–Crippen LogP) is 1.85. The SMILES string of the molecule is COc1cc(Cl)ccc1CCN. The molecule has 2 nitrogen and oxygen atoms in total. The van der Waals surface area contributed by atoms with Gasteiger partial charge >= 0.3 is 0 Å². The van der Waals surface area contributed by atoms with Gasteiger partial charge in [-0.15, -0.1) is 0 Å². The summed E-state index contributed by atoms with van der Waals surface area (Å²) in [5.74, 6) is 0.813. The Morgan fingerprint density at radius 3 is 2.83 bits per heavy atom. The molecule has 0 aliphatic heterocycles. The van der Waals surface area contributed by atoms with Crippen LogP contribution >= 0.6 is 11.6 Å². The third kappa shape index (κ3) is 2.13. The maximum atomic E-state index is 5.78. The fourth-order valence-electron chi connectivity index (χ4n) is 1.08. The summed E-state index contributed by atoms with van der Waals surface area (Å²) < 4.78 is 5.14. The van der Waals surface area contributed by atoms with Crippen molar-refractivity contribution in [2.45, 2.75) is 6.42 Å². The van der Waals surface area contributed by atoms with Crippen molar-refractivity contribution in [3.63, 3.8) is 0 Å². The molecule has 0 saturated heterocycles. The summed E-state index contributed by atoms with van der Waals surface area (Å²) in [6.45, 7) is 0.623. The van der Waals surface area contributed by atoms with Crippen molar-refractivity contribution in [1.29, 1.82) is 0 Å². The Balaban J connectivity index is 2.94. The van der Waals surface area contributed by atoms with Gasteiger partial charge in [-0.1, -0.05) is 17.7 Å². The molecular weight excluding hydrogens is 174 g/mol. The molecule has 1 rings (SSSR count). The molecule has 0 fully saturated rings. The Morgan fingerprint density at radius 2 is 2.25 bits per heavy atom. The zero-order chi connectivity index (χ0) is 8.97. The van der Waals surface area contributed by atoms with Crippen LogP contribution in [0.4, 0.5) is 0 Å². The molecule has 0 aromatic heterocycles. The van der Waals surface area contributed by atoms with Gasteiger partial charge in [0.1, 0.15) is 5.75 Å². The van der Waals surface area contributed by atoms with E-state index in [1.807, 2.05) is 12.1 Å². The number of ether oxygens (including phenoxy) is 1. The van der Waals surface area contributed by atoms with Gasteiger partial charge in [-0.25, -0.2) is 0 Å². The number of methoxy groups -OCH3 is 1. The van der Waals surface area contributed by atoms with Crippen molar-refractivity contribution in [2.75, 3.05) is 13.7 Å². The van der Waals surface area contributed by atoms with E-state index in [2.05, 4.69) is 0 Å². The molecule has 3 heteroatoms. The first-order valence-electron chi connectivity index (χ1n) is 3.80. The van der Waals surface area contributed by atoms with Gasteiger partial charge < -0.3 is 10.5 Å². The first-order chi connectivity index (χ1) is 5.77. The molecule has 12 heavy (non-hydrogen) atoms. The number of hydrogen-bond donors (Lipinski definition) is 1.